The van der Waals surface area contributed by atoms with Crippen molar-refractivity contribution in [2.24, 2.45) is 0 Å². The van der Waals surface area contributed by atoms with Crippen molar-refractivity contribution >= 4 is 32.5 Å². The number of carbonyl (C=O) groups is 1. The summed E-state index contributed by atoms with van der Waals surface area (Å²) >= 11 is 0. The molecule has 0 unspecified atom stereocenters. The number of rotatable bonds is 5. The average molecular weight is 398 g/mol. The van der Waals surface area contributed by atoms with Gasteiger partial charge in [-0.15, -0.1) is 0 Å². The van der Waals surface area contributed by atoms with Gasteiger partial charge in [-0.2, -0.15) is 0 Å². The van der Waals surface area contributed by atoms with Gasteiger partial charge in [-0.05, 0) is 43.0 Å². The molecule has 0 saturated carbocycles. The molecule has 1 fully saturated rings. The quantitative estimate of drug-likeness (QED) is 0.718. The van der Waals surface area contributed by atoms with Crippen LogP contribution in [0.2, 0.25) is 0 Å². The fourth-order valence-corrected chi connectivity index (χ4v) is 5.18. The van der Waals surface area contributed by atoms with Gasteiger partial charge in [0.1, 0.15) is 6.04 Å². The van der Waals surface area contributed by atoms with Crippen LogP contribution in [0.1, 0.15) is 19.4 Å². The second-order valence-corrected chi connectivity index (χ2v) is 9.13. The van der Waals surface area contributed by atoms with E-state index in [1.807, 2.05) is 54.1 Å². The fraction of sp³-hybridized carbons (Fsp3) is 0.286. The molecule has 4 rings (SSSR count). The van der Waals surface area contributed by atoms with Crippen LogP contribution in [0.4, 0.5) is 5.69 Å². The molecule has 0 spiro atoms. The molecule has 1 amide bonds. The molecule has 2 atom stereocenters. The monoisotopic (exact) mass is 397 g/mol. The van der Waals surface area contributed by atoms with Crippen LogP contribution in [-0.2, 0) is 14.8 Å². The molecule has 0 radical (unpaired) electrons. The van der Waals surface area contributed by atoms with E-state index < -0.39 is 15.3 Å². The lowest BCUT2D eigenvalue weighted by atomic mass is 10.2. The van der Waals surface area contributed by atoms with Crippen molar-refractivity contribution in [1.29, 1.82) is 0 Å². The zero-order valence-electron chi connectivity index (χ0n) is 15.7. The number of fused-ring (bicyclic) bond motifs is 1. The number of likely N-dealkylation sites (tertiary alicyclic amines) is 1. The second-order valence-electron chi connectivity index (χ2n) is 7.17. The summed E-state index contributed by atoms with van der Waals surface area (Å²) in [6, 6.07) is 18.3. The summed E-state index contributed by atoms with van der Waals surface area (Å²) in [7, 11) is -3.54. The standard InChI is InChI=1S/C21H23N3O3S/c1-16(24-14-11-17-7-5-6-10-20(17)24)21(25)23-13-12-19(15-23)28(26,27)22-18-8-3-2-4-9-18/h2-11,14,16,19,22H,12-13,15H2,1H3/t16-,19+/m1/s1. The topological polar surface area (TPSA) is 71.4 Å². The van der Waals surface area contributed by atoms with E-state index in [1.54, 1.807) is 29.2 Å². The summed E-state index contributed by atoms with van der Waals surface area (Å²) in [5.74, 6) is -0.0567. The summed E-state index contributed by atoms with van der Waals surface area (Å²) < 4.78 is 30.0. The van der Waals surface area contributed by atoms with Crippen LogP contribution in [0.15, 0.2) is 66.9 Å². The van der Waals surface area contributed by atoms with Crippen LogP contribution < -0.4 is 4.72 Å². The average Bonchev–Trinajstić information content (AvgIpc) is 3.35. The Hall–Kier alpha value is -2.80. The molecule has 6 nitrogen and oxygen atoms in total. The van der Waals surface area contributed by atoms with E-state index in [1.165, 1.54) is 0 Å². The van der Waals surface area contributed by atoms with Gasteiger partial charge < -0.3 is 9.47 Å². The molecule has 3 aromatic rings. The number of nitrogens with zero attached hydrogens (tertiary/aromatic N) is 2. The Balaban J connectivity index is 1.47. The fourth-order valence-electron chi connectivity index (χ4n) is 3.76. The van der Waals surface area contributed by atoms with Crippen LogP contribution in [0, 0.1) is 0 Å². The zero-order chi connectivity index (χ0) is 19.7. The first-order valence-corrected chi connectivity index (χ1v) is 10.9. The highest BCUT2D eigenvalue weighted by Crippen LogP contribution is 2.25. The molecule has 2 aromatic carbocycles. The summed E-state index contributed by atoms with van der Waals surface area (Å²) in [6.07, 6.45) is 2.35. The number of nitrogens with one attached hydrogen (secondary N) is 1. The SMILES string of the molecule is C[C@H](C(=O)N1CC[C@H](S(=O)(=O)Nc2ccccc2)C1)n1ccc2ccccc21. The molecule has 7 heteroatoms. The van der Waals surface area contributed by atoms with Crippen molar-refractivity contribution in [3.8, 4) is 0 Å². The molecule has 1 aromatic heterocycles. The number of para-hydroxylation sites is 2. The molecular formula is C21H23N3O3S. The molecule has 28 heavy (non-hydrogen) atoms. The highest BCUT2D eigenvalue weighted by Gasteiger charge is 2.36. The normalized spacial score (nSPS) is 18.3. The van der Waals surface area contributed by atoms with Gasteiger partial charge in [0, 0.05) is 30.5 Å². The van der Waals surface area contributed by atoms with Crippen molar-refractivity contribution in [2.75, 3.05) is 17.8 Å². The van der Waals surface area contributed by atoms with E-state index >= 15 is 0 Å². The Morgan fingerprint density at radius 2 is 1.79 bits per heavy atom. The molecule has 0 aliphatic carbocycles. The van der Waals surface area contributed by atoms with Crippen molar-refractivity contribution in [3.63, 3.8) is 0 Å². The number of aromatic nitrogens is 1. The van der Waals surface area contributed by atoms with E-state index in [4.69, 9.17) is 0 Å². The minimum Gasteiger partial charge on any atom is -0.339 e. The summed E-state index contributed by atoms with van der Waals surface area (Å²) in [6.45, 7) is 2.52. The molecule has 1 N–H and O–H groups in total. The molecular weight excluding hydrogens is 374 g/mol. The predicted molar refractivity (Wildman–Crippen MR) is 111 cm³/mol. The van der Waals surface area contributed by atoms with Crippen LogP contribution in [0.5, 0.6) is 0 Å². The first-order chi connectivity index (χ1) is 13.5. The van der Waals surface area contributed by atoms with E-state index in [-0.39, 0.29) is 18.5 Å². The third-order valence-electron chi connectivity index (χ3n) is 5.33. The third-order valence-corrected chi connectivity index (χ3v) is 7.12. The largest absolute Gasteiger partial charge is 0.339 e. The maximum atomic E-state index is 13.0. The second kappa shape index (κ2) is 7.31. The number of hydrogen-bond acceptors (Lipinski definition) is 3. The van der Waals surface area contributed by atoms with E-state index in [9.17, 15) is 13.2 Å². The molecule has 1 saturated heterocycles. The smallest absolute Gasteiger partial charge is 0.245 e. The number of sulfonamides is 1. The van der Waals surface area contributed by atoms with E-state index in [2.05, 4.69) is 4.72 Å². The molecule has 0 bridgehead atoms. The van der Waals surface area contributed by atoms with Gasteiger partial charge in [0.2, 0.25) is 15.9 Å². The van der Waals surface area contributed by atoms with Gasteiger partial charge in [0.25, 0.3) is 0 Å². The number of anilines is 1. The first kappa shape index (κ1) is 18.6. The van der Waals surface area contributed by atoms with Gasteiger partial charge in [-0.3, -0.25) is 9.52 Å². The van der Waals surface area contributed by atoms with Gasteiger partial charge in [0.05, 0.1) is 5.25 Å². The predicted octanol–water partition coefficient (Wildman–Crippen LogP) is 3.25. The molecule has 2 heterocycles. The number of amides is 1. The first-order valence-electron chi connectivity index (χ1n) is 9.37. The lowest BCUT2D eigenvalue weighted by molar-refractivity contribution is -0.133. The minimum atomic E-state index is -3.54. The highest BCUT2D eigenvalue weighted by molar-refractivity contribution is 7.93. The van der Waals surface area contributed by atoms with Crippen molar-refractivity contribution < 1.29 is 13.2 Å². The molecule has 146 valence electrons. The van der Waals surface area contributed by atoms with Gasteiger partial charge >= 0.3 is 0 Å². The lowest BCUT2D eigenvalue weighted by Crippen LogP contribution is -2.37. The van der Waals surface area contributed by atoms with Gasteiger partial charge in [-0.1, -0.05) is 36.4 Å². The Kier molecular flexibility index (Phi) is 4.85. The Morgan fingerprint density at radius 3 is 2.57 bits per heavy atom. The minimum absolute atomic E-state index is 0.0567. The summed E-state index contributed by atoms with van der Waals surface area (Å²) in [4.78, 5) is 14.7. The summed E-state index contributed by atoms with van der Waals surface area (Å²) in [5, 5.41) is 0.473. The molecule has 1 aliphatic rings. The number of benzene rings is 2. The van der Waals surface area contributed by atoms with Crippen LogP contribution >= 0.6 is 0 Å². The third kappa shape index (κ3) is 3.49. The van der Waals surface area contributed by atoms with Gasteiger partial charge in [-0.25, -0.2) is 8.42 Å². The Labute approximate surface area is 164 Å². The highest BCUT2D eigenvalue weighted by atomic mass is 32.2. The maximum absolute atomic E-state index is 13.0. The lowest BCUT2D eigenvalue weighted by Gasteiger charge is -2.23. The van der Waals surface area contributed by atoms with Crippen molar-refractivity contribution in [2.45, 2.75) is 24.6 Å². The van der Waals surface area contributed by atoms with E-state index in [0.29, 0.717) is 18.7 Å². The zero-order valence-corrected chi connectivity index (χ0v) is 16.5. The Morgan fingerprint density at radius 1 is 1.07 bits per heavy atom. The van der Waals surface area contributed by atoms with Crippen molar-refractivity contribution in [1.82, 2.24) is 9.47 Å². The maximum Gasteiger partial charge on any atom is 0.245 e. The van der Waals surface area contributed by atoms with E-state index in [0.717, 1.165) is 10.9 Å². The Bertz CT molecular complexity index is 1090. The van der Waals surface area contributed by atoms with Crippen LogP contribution in [0.3, 0.4) is 0 Å². The van der Waals surface area contributed by atoms with Gasteiger partial charge in [0.15, 0.2) is 0 Å². The molecule has 1 aliphatic heterocycles. The van der Waals surface area contributed by atoms with Crippen LogP contribution in [-0.4, -0.2) is 42.1 Å². The number of hydrogen-bond donors (Lipinski definition) is 1. The van der Waals surface area contributed by atoms with Crippen molar-refractivity contribution in [3.05, 3.63) is 66.9 Å². The number of carbonyl (C=O) groups excluding carboxylic acids is 1. The van der Waals surface area contributed by atoms with Crippen LogP contribution in [0.25, 0.3) is 10.9 Å². The summed E-state index contributed by atoms with van der Waals surface area (Å²) in [5.41, 5.74) is 1.54.